The number of hydrogen-bond donors (Lipinski definition) is 2. The van der Waals surface area contributed by atoms with Crippen LogP contribution < -0.4 is 10.6 Å². The van der Waals surface area contributed by atoms with Crippen molar-refractivity contribution in [3.05, 3.63) is 29.3 Å². The molecule has 0 amide bonds. The molecule has 1 atom stereocenters. The van der Waals surface area contributed by atoms with Gasteiger partial charge in [-0.15, -0.1) is 0 Å². The monoisotopic (exact) mass is 300 g/mol. The van der Waals surface area contributed by atoms with E-state index < -0.39 is 11.6 Å². The summed E-state index contributed by atoms with van der Waals surface area (Å²) in [4.78, 5) is 1.58. The summed E-state index contributed by atoms with van der Waals surface area (Å²) in [7, 11) is 0. The zero-order chi connectivity index (χ0) is 14.7. The Morgan fingerprint density at radius 2 is 2.05 bits per heavy atom. The number of thiocarbonyl (C=S) groups is 1. The largest absolute Gasteiger partial charge is 0.394 e. The molecular weight excluding hydrogens is 282 g/mol. The topological polar surface area (TPSA) is 49.5 Å². The molecule has 1 unspecified atom stereocenters. The maximum absolute atomic E-state index is 14.2. The smallest absolute Gasteiger partial charge is 0.182 e. The molecule has 1 aliphatic heterocycles. The van der Waals surface area contributed by atoms with Crippen molar-refractivity contribution < 1.29 is 13.9 Å². The lowest BCUT2D eigenvalue weighted by molar-refractivity contribution is 0.254. The van der Waals surface area contributed by atoms with Crippen molar-refractivity contribution in [2.75, 3.05) is 18.1 Å². The van der Waals surface area contributed by atoms with Crippen molar-refractivity contribution in [1.29, 1.82) is 0 Å². The molecule has 3 N–H and O–H groups in total. The number of rotatable bonds is 3. The molecule has 20 heavy (non-hydrogen) atoms. The highest BCUT2D eigenvalue weighted by molar-refractivity contribution is 7.80. The second-order valence-corrected chi connectivity index (χ2v) is 5.44. The van der Waals surface area contributed by atoms with Crippen molar-refractivity contribution in [2.45, 2.75) is 31.7 Å². The van der Waals surface area contributed by atoms with E-state index >= 15 is 0 Å². The number of halogens is 2. The van der Waals surface area contributed by atoms with Crippen molar-refractivity contribution in [1.82, 2.24) is 0 Å². The lowest BCUT2D eigenvalue weighted by atomic mass is 10.1. The minimum atomic E-state index is -1.02. The third-order valence-corrected chi connectivity index (χ3v) is 3.94. The van der Waals surface area contributed by atoms with Gasteiger partial charge >= 0.3 is 0 Å². The highest BCUT2D eigenvalue weighted by atomic mass is 32.1. The van der Waals surface area contributed by atoms with E-state index in [4.69, 9.17) is 18.0 Å². The fourth-order valence-electron chi connectivity index (χ4n) is 2.64. The highest BCUT2D eigenvalue weighted by Gasteiger charge is 2.25. The van der Waals surface area contributed by atoms with Gasteiger partial charge in [0.25, 0.3) is 0 Å². The van der Waals surface area contributed by atoms with Crippen molar-refractivity contribution in [3.8, 4) is 0 Å². The average molecular weight is 300 g/mol. The summed E-state index contributed by atoms with van der Waals surface area (Å²) >= 11 is 4.69. The molecule has 1 fully saturated rings. The molecule has 1 aromatic rings. The Hall–Kier alpha value is -1.27. The lowest BCUT2D eigenvalue weighted by Crippen LogP contribution is -2.38. The molecule has 2 rings (SSSR count). The van der Waals surface area contributed by atoms with E-state index in [2.05, 4.69) is 0 Å². The summed E-state index contributed by atoms with van der Waals surface area (Å²) < 4.78 is 28.2. The van der Waals surface area contributed by atoms with Crippen LogP contribution in [0.25, 0.3) is 0 Å². The first-order chi connectivity index (χ1) is 9.56. The first-order valence-corrected chi connectivity index (χ1v) is 7.12. The molecule has 0 aromatic heterocycles. The van der Waals surface area contributed by atoms with Gasteiger partial charge in [-0.3, -0.25) is 0 Å². The zero-order valence-corrected chi connectivity index (χ0v) is 11.9. The predicted octanol–water partition coefficient (Wildman–Crippen LogP) is 2.34. The number of aliphatic hydroxyl groups is 1. The Labute approximate surface area is 122 Å². The Kier molecular flexibility index (Phi) is 4.88. The molecular formula is C14H18F2N2OS. The molecule has 1 saturated heterocycles. The maximum atomic E-state index is 14.2. The van der Waals surface area contributed by atoms with Crippen LogP contribution in [0.15, 0.2) is 12.1 Å². The maximum Gasteiger partial charge on any atom is 0.182 e. The SMILES string of the molecule is NC(=S)c1ccc(N2CCCCCC2CO)c(F)c1F. The standard InChI is InChI=1S/C14H18F2N2OS/c15-12-10(14(17)20)5-6-11(13(12)16)18-7-3-1-2-4-9(18)8-19/h5-6,9,19H,1-4,7-8H2,(H2,17,20). The molecule has 3 nitrogen and oxygen atoms in total. The van der Waals surface area contributed by atoms with Crippen LogP contribution in [-0.2, 0) is 0 Å². The third-order valence-electron chi connectivity index (χ3n) is 3.72. The Morgan fingerprint density at radius 1 is 1.30 bits per heavy atom. The van der Waals surface area contributed by atoms with Crippen molar-refractivity contribution >= 4 is 22.9 Å². The molecule has 1 aliphatic rings. The third kappa shape index (κ3) is 2.91. The van der Waals surface area contributed by atoms with E-state index in [9.17, 15) is 13.9 Å². The summed E-state index contributed by atoms with van der Waals surface area (Å²) in [6.07, 6.45) is 3.68. The van der Waals surface area contributed by atoms with E-state index in [0.717, 1.165) is 25.7 Å². The molecule has 0 radical (unpaired) electrons. The summed E-state index contributed by atoms with van der Waals surface area (Å²) in [5, 5.41) is 9.45. The minimum Gasteiger partial charge on any atom is -0.394 e. The lowest BCUT2D eigenvalue weighted by Gasteiger charge is -2.31. The summed E-state index contributed by atoms with van der Waals surface area (Å²) in [6, 6.07) is 2.71. The fraction of sp³-hybridized carbons (Fsp3) is 0.500. The van der Waals surface area contributed by atoms with Gasteiger partial charge in [0, 0.05) is 12.1 Å². The number of nitrogens with two attached hydrogens (primary N) is 1. The summed E-state index contributed by atoms with van der Waals surface area (Å²) in [5.41, 5.74) is 5.45. The van der Waals surface area contributed by atoms with Gasteiger partial charge in [-0.1, -0.05) is 25.1 Å². The van der Waals surface area contributed by atoms with E-state index in [0.29, 0.717) is 6.54 Å². The van der Waals surface area contributed by atoms with Crippen LogP contribution >= 0.6 is 12.2 Å². The summed E-state index contributed by atoms with van der Waals surface area (Å²) in [5.74, 6) is -1.97. The highest BCUT2D eigenvalue weighted by Crippen LogP contribution is 2.29. The molecule has 6 heteroatoms. The van der Waals surface area contributed by atoms with Crippen molar-refractivity contribution in [2.24, 2.45) is 5.73 Å². The molecule has 0 bridgehead atoms. The van der Waals surface area contributed by atoms with E-state index in [-0.39, 0.29) is 28.9 Å². The van der Waals surface area contributed by atoms with Crippen molar-refractivity contribution in [3.63, 3.8) is 0 Å². The van der Waals surface area contributed by atoms with Crippen LogP contribution in [0.1, 0.15) is 31.2 Å². The Bertz CT molecular complexity index is 510. The normalized spacial score (nSPS) is 19.8. The summed E-state index contributed by atoms with van der Waals surface area (Å²) in [6.45, 7) is 0.534. The molecule has 1 heterocycles. The molecule has 0 saturated carbocycles. The van der Waals surface area contributed by atoms with Crippen LogP contribution in [0.2, 0.25) is 0 Å². The number of anilines is 1. The van der Waals surface area contributed by atoms with Gasteiger partial charge in [0.15, 0.2) is 11.6 Å². The first-order valence-electron chi connectivity index (χ1n) is 6.71. The minimum absolute atomic E-state index is 0.0713. The van der Waals surface area contributed by atoms with E-state index in [1.807, 2.05) is 0 Å². The molecule has 0 aliphatic carbocycles. The number of hydrogen-bond acceptors (Lipinski definition) is 3. The Morgan fingerprint density at radius 3 is 2.70 bits per heavy atom. The Balaban J connectivity index is 2.40. The number of nitrogens with zero attached hydrogens (tertiary/aromatic N) is 1. The zero-order valence-electron chi connectivity index (χ0n) is 11.1. The second-order valence-electron chi connectivity index (χ2n) is 5.00. The molecule has 1 aromatic carbocycles. The van der Waals surface area contributed by atoms with Crippen LogP contribution in [0, 0.1) is 11.6 Å². The van der Waals surface area contributed by atoms with E-state index in [1.165, 1.54) is 12.1 Å². The van der Waals surface area contributed by atoms with Gasteiger partial charge < -0.3 is 15.7 Å². The molecule has 110 valence electrons. The van der Waals surface area contributed by atoms with E-state index in [1.54, 1.807) is 4.90 Å². The number of benzene rings is 1. The quantitative estimate of drug-likeness (QED) is 0.841. The van der Waals surface area contributed by atoms with Crippen LogP contribution in [0.3, 0.4) is 0 Å². The molecule has 0 spiro atoms. The van der Waals surface area contributed by atoms with Gasteiger partial charge in [0.2, 0.25) is 0 Å². The van der Waals surface area contributed by atoms with Gasteiger partial charge in [-0.2, -0.15) is 0 Å². The average Bonchev–Trinajstić information content (AvgIpc) is 2.66. The van der Waals surface area contributed by atoms with Crippen LogP contribution in [0.5, 0.6) is 0 Å². The van der Waals surface area contributed by atoms with Gasteiger partial charge in [0.05, 0.1) is 18.3 Å². The van der Waals surface area contributed by atoms with Crippen LogP contribution in [-0.4, -0.2) is 29.3 Å². The first kappa shape index (κ1) is 15.1. The van der Waals surface area contributed by atoms with Crippen LogP contribution in [0.4, 0.5) is 14.5 Å². The second kappa shape index (κ2) is 6.45. The van der Waals surface area contributed by atoms with Gasteiger partial charge in [-0.05, 0) is 25.0 Å². The fourth-order valence-corrected chi connectivity index (χ4v) is 2.79. The predicted molar refractivity (Wildman–Crippen MR) is 78.9 cm³/mol. The number of aliphatic hydroxyl groups excluding tert-OH is 1. The van der Waals surface area contributed by atoms with Gasteiger partial charge in [-0.25, -0.2) is 8.78 Å². The van der Waals surface area contributed by atoms with Gasteiger partial charge in [0.1, 0.15) is 4.99 Å².